The molecule has 0 saturated heterocycles. The first-order chi connectivity index (χ1) is 7.56. The van der Waals surface area contributed by atoms with Gasteiger partial charge in [-0.25, -0.2) is 0 Å². The van der Waals surface area contributed by atoms with Crippen LogP contribution in [0.3, 0.4) is 0 Å². The van der Waals surface area contributed by atoms with Crippen LogP contribution >= 0.6 is 0 Å². The fraction of sp³-hybridized carbons (Fsp3) is 1.00. The molecule has 0 amide bonds. The Bertz CT molecular complexity index is 197. The van der Waals surface area contributed by atoms with E-state index in [2.05, 4.69) is 44.8 Å². The van der Waals surface area contributed by atoms with E-state index in [4.69, 9.17) is 0 Å². The zero-order chi connectivity index (χ0) is 12.2. The highest BCUT2D eigenvalue weighted by Gasteiger charge is 2.40. The summed E-state index contributed by atoms with van der Waals surface area (Å²) in [4.78, 5) is 2.63. The molecule has 0 heterocycles. The molecule has 1 rings (SSSR count). The van der Waals surface area contributed by atoms with E-state index in [-0.39, 0.29) is 0 Å². The van der Waals surface area contributed by atoms with Gasteiger partial charge in [-0.3, -0.25) is 4.90 Å². The van der Waals surface area contributed by atoms with Gasteiger partial charge in [0, 0.05) is 12.1 Å². The minimum atomic E-state index is 0.446. The van der Waals surface area contributed by atoms with Crippen LogP contribution in [-0.4, -0.2) is 36.6 Å². The van der Waals surface area contributed by atoms with Crippen LogP contribution in [0.5, 0.6) is 0 Å². The molecule has 0 aromatic carbocycles. The van der Waals surface area contributed by atoms with Gasteiger partial charge < -0.3 is 5.32 Å². The number of nitrogens with zero attached hydrogens (tertiary/aromatic N) is 1. The monoisotopic (exact) mass is 226 g/mol. The Labute approximate surface area is 102 Å². The maximum atomic E-state index is 3.73. The fourth-order valence-corrected chi connectivity index (χ4v) is 3.33. The second-order valence-electron chi connectivity index (χ2n) is 5.70. The van der Waals surface area contributed by atoms with Crippen LogP contribution in [0.2, 0.25) is 0 Å². The minimum absolute atomic E-state index is 0.446. The molecule has 2 atom stereocenters. The normalized spacial score (nSPS) is 29.6. The smallest absolute Gasteiger partial charge is 0.0274 e. The molecule has 0 spiro atoms. The van der Waals surface area contributed by atoms with Gasteiger partial charge in [0.05, 0.1) is 0 Å². The number of nitrogens with one attached hydrogen (secondary N) is 1. The predicted molar refractivity (Wildman–Crippen MR) is 71.8 cm³/mol. The van der Waals surface area contributed by atoms with E-state index in [0.717, 1.165) is 12.6 Å². The maximum absolute atomic E-state index is 3.73. The first-order valence-electron chi connectivity index (χ1n) is 7.04. The molecule has 1 saturated carbocycles. The third kappa shape index (κ3) is 2.98. The Morgan fingerprint density at radius 1 is 1.19 bits per heavy atom. The minimum Gasteiger partial charge on any atom is -0.312 e. The van der Waals surface area contributed by atoms with Gasteiger partial charge in [0.25, 0.3) is 0 Å². The topological polar surface area (TPSA) is 15.3 Å². The molecule has 96 valence electrons. The molecule has 1 fully saturated rings. The van der Waals surface area contributed by atoms with E-state index in [1.54, 1.807) is 0 Å². The Hall–Kier alpha value is -0.0800. The van der Waals surface area contributed by atoms with E-state index in [0.29, 0.717) is 11.5 Å². The Balaban J connectivity index is 2.79. The average Bonchev–Trinajstić information content (AvgIpc) is 2.24. The molecular formula is C14H30N2. The first kappa shape index (κ1) is 14.0. The number of hydrogen-bond donors (Lipinski definition) is 1. The van der Waals surface area contributed by atoms with Crippen molar-refractivity contribution >= 4 is 0 Å². The van der Waals surface area contributed by atoms with Crippen molar-refractivity contribution in [2.75, 3.05) is 19.6 Å². The molecule has 16 heavy (non-hydrogen) atoms. The average molecular weight is 226 g/mol. The van der Waals surface area contributed by atoms with Crippen LogP contribution in [0.25, 0.3) is 0 Å². The van der Waals surface area contributed by atoms with E-state index in [1.165, 1.54) is 32.4 Å². The van der Waals surface area contributed by atoms with Crippen LogP contribution in [0.4, 0.5) is 0 Å². The van der Waals surface area contributed by atoms with Gasteiger partial charge in [0.2, 0.25) is 0 Å². The second-order valence-corrected chi connectivity index (χ2v) is 5.70. The zero-order valence-corrected chi connectivity index (χ0v) is 11.8. The van der Waals surface area contributed by atoms with Crippen molar-refractivity contribution < 1.29 is 0 Å². The molecule has 2 nitrogen and oxygen atoms in total. The van der Waals surface area contributed by atoms with E-state index >= 15 is 0 Å². The summed E-state index contributed by atoms with van der Waals surface area (Å²) in [6, 6.07) is 1.39. The van der Waals surface area contributed by atoms with Crippen molar-refractivity contribution in [3.63, 3.8) is 0 Å². The lowest BCUT2D eigenvalue weighted by Gasteiger charge is -2.48. The summed E-state index contributed by atoms with van der Waals surface area (Å²) in [5.74, 6) is 0. The summed E-state index contributed by atoms with van der Waals surface area (Å²) in [7, 11) is 0. The number of rotatable bonds is 5. The Morgan fingerprint density at radius 3 is 2.31 bits per heavy atom. The van der Waals surface area contributed by atoms with Crippen molar-refractivity contribution in [3.05, 3.63) is 0 Å². The van der Waals surface area contributed by atoms with Crippen LogP contribution in [0.15, 0.2) is 0 Å². The maximum Gasteiger partial charge on any atom is 0.0274 e. The fourth-order valence-electron chi connectivity index (χ4n) is 3.33. The quantitative estimate of drug-likeness (QED) is 0.775. The lowest BCUT2D eigenvalue weighted by Crippen LogP contribution is -2.58. The van der Waals surface area contributed by atoms with Gasteiger partial charge in [0.15, 0.2) is 0 Å². The van der Waals surface area contributed by atoms with Crippen molar-refractivity contribution in [2.24, 2.45) is 5.41 Å². The third-order valence-corrected chi connectivity index (χ3v) is 4.25. The second kappa shape index (κ2) is 6.02. The highest BCUT2D eigenvalue weighted by Crippen LogP contribution is 2.37. The molecule has 1 aliphatic carbocycles. The molecule has 2 unspecified atom stereocenters. The zero-order valence-electron chi connectivity index (χ0n) is 11.8. The Morgan fingerprint density at radius 2 is 1.81 bits per heavy atom. The van der Waals surface area contributed by atoms with E-state index in [1.807, 2.05) is 0 Å². The summed E-state index contributed by atoms with van der Waals surface area (Å²) in [6.07, 6.45) is 4.11. The summed E-state index contributed by atoms with van der Waals surface area (Å²) in [6.45, 7) is 15.1. The molecule has 0 radical (unpaired) electrons. The third-order valence-electron chi connectivity index (χ3n) is 4.25. The molecular weight excluding hydrogens is 196 g/mol. The molecule has 0 aliphatic heterocycles. The van der Waals surface area contributed by atoms with Gasteiger partial charge in [-0.05, 0) is 37.9 Å². The summed E-state index contributed by atoms with van der Waals surface area (Å²) >= 11 is 0. The number of likely N-dealkylation sites (N-methyl/N-ethyl adjacent to an activating group) is 2. The van der Waals surface area contributed by atoms with E-state index < -0.39 is 0 Å². The van der Waals surface area contributed by atoms with Crippen LogP contribution in [0, 0.1) is 5.41 Å². The first-order valence-corrected chi connectivity index (χ1v) is 7.04. The molecule has 1 aliphatic rings. The molecule has 0 bridgehead atoms. The van der Waals surface area contributed by atoms with Crippen LogP contribution in [-0.2, 0) is 0 Å². The van der Waals surface area contributed by atoms with Gasteiger partial charge in [-0.15, -0.1) is 0 Å². The van der Waals surface area contributed by atoms with Crippen LogP contribution in [0.1, 0.15) is 53.9 Å². The molecule has 1 N–H and O–H groups in total. The predicted octanol–water partition coefficient (Wildman–Crippen LogP) is 2.89. The SMILES string of the molecule is CCNC1C(N(CC)CC)CCCC1(C)C. The van der Waals surface area contributed by atoms with Gasteiger partial charge in [0.1, 0.15) is 0 Å². The van der Waals surface area contributed by atoms with Crippen molar-refractivity contribution in [1.82, 2.24) is 10.2 Å². The lowest BCUT2D eigenvalue weighted by molar-refractivity contribution is 0.0549. The van der Waals surface area contributed by atoms with Gasteiger partial charge in [-0.2, -0.15) is 0 Å². The van der Waals surface area contributed by atoms with E-state index in [9.17, 15) is 0 Å². The summed E-state index contributed by atoms with van der Waals surface area (Å²) < 4.78 is 0. The highest BCUT2D eigenvalue weighted by molar-refractivity contribution is 4.97. The molecule has 0 aromatic rings. The standard InChI is InChI=1S/C14H30N2/c1-6-15-13-12(16(7-2)8-3)10-9-11-14(13,4)5/h12-13,15H,6-11H2,1-5H3. The molecule has 0 aromatic heterocycles. The highest BCUT2D eigenvalue weighted by atomic mass is 15.2. The summed E-state index contributed by atoms with van der Waals surface area (Å²) in [5, 5.41) is 3.73. The van der Waals surface area contributed by atoms with Crippen molar-refractivity contribution in [3.8, 4) is 0 Å². The number of hydrogen-bond acceptors (Lipinski definition) is 2. The van der Waals surface area contributed by atoms with Crippen molar-refractivity contribution in [1.29, 1.82) is 0 Å². The lowest BCUT2D eigenvalue weighted by atomic mass is 9.70. The largest absolute Gasteiger partial charge is 0.312 e. The Kier molecular flexibility index (Phi) is 5.26. The van der Waals surface area contributed by atoms with Gasteiger partial charge >= 0.3 is 0 Å². The molecule has 2 heteroatoms. The summed E-state index contributed by atoms with van der Waals surface area (Å²) in [5.41, 5.74) is 0.446. The van der Waals surface area contributed by atoms with Crippen LogP contribution < -0.4 is 5.32 Å². The van der Waals surface area contributed by atoms with Crippen molar-refractivity contribution in [2.45, 2.75) is 66.0 Å². The van der Waals surface area contributed by atoms with Gasteiger partial charge in [-0.1, -0.05) is 41.0 Å².